The number of ketones is 1. The molecule has 1 amide bonds. The number of hydrogen-bond acceptors (Lipinski definition) is 9. The Morgan fingerprint density at radius 2 is 1.62 bits per heavy atom. The van der Waals surface area contributed by atoms with E-state index < -0.39 is 5.25 Å². The molecular weight excluding hydrogens is 631 g/mol. The van der Waals surface area contributed by atoms with Crippen LogP contribution in [0.5, 0.6) is 17.2 Å². The average molecular weight is 662 g/mol. The molecule has 8 nitrogen and oxygen atoms in total. The molecule has 5 rings (SSSR count). The van der Waals surface area contributed by atoms with Gasteiger partial charge in [0.15, 0.2) is 17.3 Å². The van der Waals surface area contributed by atoms with Crippen LogP contribution >= 0.6 is 23.1 Å². The Bertz CT molecular complexity index is 1930. The number of carbonyl (C=O) groups excluding carboxylic acids is 2. The summed E-state index contributed by atoms with van der Waals surface area (Å²) in [4.78, 5) is 31.8. The number of nitrogens with zero attached hydrogens (tertiary/aromatic N) is 2. The zero-order valence-electron chi connectivity index (χ0n) is 26.1. The standard InChI is InChI=1S/C37H31N3O5S2/c1-23(36(42)39-27-14-12-25(13-15-27)32(41)17-16-28-11-8-18-46-28)47-37-30(22-38)29(21-31(40-37)24-9-6-5-7-10-24)26-19-33(43-2)35(45-4)34(20-26)44-3/h5-21,23H,1-4H3,(H,39,42)/b17-16+. The molecule has 1 N–H and O–H groups in total. The number of methoxy groups -OCH3 is 3. The lowest BCUT2D eigenvalue weighted by Gasteiger charge is -2.18. The summed E-state index contributed by atoms with van der Waals surface area (Å²) in [6, 6.07) is 27.9. The molecule has 10 heteroatoms. The van der Waals surface area contributed by atoms with Gasteiger partial charge in [0.2, 0.25) is 11.7 Å². The number of pyridine rings is 1. The van der Waals surface area contributed by atoms with Gasteiger partial charge in [-0.2, -0.15) is 5.26 Å². The Balaban J connectivity index is 1.43. The highest BCUT2D eigenvalue weighted by atomic mass is 32.2. The van der Waals surface area contributed by atoms with E-state index in [-0.39, 0.29) is 11.7 Å². The van der Waals surface area contributed by atoms with Gasteiger partial charge in [-0.3, -0.25) is 9.59 Å². The Labute approximate surface area is 281 Å². The molecule has 1 unspecified atom stereocenters. The largest absolute Gasteiger partial charge is 0.493 e. The number of ether oxygens (including phenoxy) is 3. The monoisotopic (exact) mass is 661 g/mol. The van der Waals surface area contributed by atoms with Crippen molar-refractivity contribution in [2.75, 3.05) is 26.6 Å². The lowest BCUT2D eigenvalue weighted by Crippen LogP contribution is -2.22. The van der Waals surface area contributed by atoms with E-state index in [4.69, 9.17) is 19.2 Å². The number of amides is 1. The highest BCUT2D eigenvalue weighted by molar-refractivity contribution is 8.00. The van der Waals surface area contributed by atoms with Crippen molar-refractivity contribution in [3.8, 4) is 45.7 Å². The maximum atomic E-state index is 13.3. The Morgan fingerprint density at radius 3 is 2.21 bits per heavy atom. The molecule has 0 aliphatic carbocycles. The summed E-state index contributed by atoms with van der Waals surface area (Å²) >= 11 is 2.74. The molecule has 2 heterocycles. The predicted octanol–water partition coefficient (Wildman–Crippen LogP) is 8.39. The zero-order valence-corrected chi connectivity index (χ0v) is 27.8. The van der Waals surface area contributed by atoms with Gasteiger partial charge in [0.1, 0.15) is 11.1 Å². The predicted molar refractivity (Wildman–Crippen MR) is 188 cm³/mol. The molecule has 5 aromatic rings. The van der Waals surface area contributed by atoms with Crippen LogP contribution in [0.1, 0.15) is 27.7 Å². The molecule has 0 aliphatic heterocycles. The number of allylic oxidation sites excluding steroid dienone is 1. The topological polar surface area (TPSA) is 111 Å². The molecule has 0 saturated heterocycles. The van der Waals surface area contributed by atoms with E-state index in [0.29, 0.717) is 55.9 Å². The Hall–Kier alpha value is -5.37. The van der Waals surface area contributed by atoms with E-state index in [9.17, 15) is 14.9 Å². The molecule has 0 fully saturated rings. The molecule has 47 heavy (non-hydrogen) atoms. The number of thioether (sulfide) groups is 1. The third kappa shape index (κ3) is 7.72. The Kier molecular flexibility index (Phi) is 10.7. The number of aromatic nitrogens is 1. The average Bonchev–Trinajstić information content (AvgIpc) is 3.64. The second kappa shape index (κ2) is 15.3. The van der Waals surface area contributed by atoms with E-state index in [0.717, 1.165) is 10.4 Å². The van der Waals surface area contributed by atoms with Crippen LogP contribution in [0, 0.1) is 11.3 Å². The fourth-order valence-corrected chi connectivity index (χ4v) is 6.30. The summed E-state index contributed by atoms with van der Waals surface area (Å²) in [6.45, 7) is 1.75. The molecule has 236 valence electrons. The number of carbonyl (C=O) groups is 2. The first-order chi connectivity index (χ1) is 22.8. The van der Waals surface area contributed by atoms with Crippen LogP contribution < -0.4 is 19.5 Å². The third-order valence-electron chi connectivity index (χ3n) is 7.18. The van der Waals surface area contributed by atoms with Crippen LogP contribution in [0.4, 0.5) is 5.69 Å². The SMILES string of the molecule is COc1cc(-c2cc(-c3ccccc3)nc(SC(C)C(=O)Nc3ccc(C(=O)/C=C/c4cccs4)cc3)c2C#N)cc(OC)c1OC. The minimum Gasteiger partial charge on any atom is -0.493 e. The minimum absolute atomic E-state index is 0.128. The molecular formula is C37H31N3O5S2. The van der Waals surface area contributed by atoms with Gasteiger partial charge < -0.3 is 19.5 Å². The summed E-state index contributed by atoms with van der Waals surface area (Å²) in [5, 5.41) is 15.0. The van der Waals surface area contributed by atoms with Crippen molar-refractivity contribution in [3.05, 3.63) is 112 Å². The van der Waals surface area contributed by atoms with E-state index >= 15 is 0 Å². The maximum Gasteiger partial charge on any atom is 0.237 e. The minimum atomic E-state index is -0.622. The first-order valence-electron chi connectivity index (χ1n) is 14.5. The van der Waals surface area contributed by atoms with Crippen molar-refractivity contribution in [1.82, 2.24) is 4.98 Å². The molecule has 0 saturated carbocycles. The molecule has 0 radical (unpaired) electrons. The number of anilines is 1. The smallest absolute Gasteiger partial charge is 0.237 e. The first kappa shape index (κ1) is 33.0. The number of nitrogens with one attached hydrogen (secondary N) is 1. The van der Waals surface area contributed by atoms with E-state index in [2.05, 4.69) is 11.4 Å². The number of nitriles is 1. The van der Waals surface area contributed by atoms with Gasteiger partial charge in [0.05, 0.1) is 37.8 Å². The van der Waals surface area contributed by atoms with E-state index in [1.165, 1.54) is 39.2 Å². The number of thiophene rings is 1. The van der Waals surface area contributed by atoms with Gasteiger partial charge in [-0.1, -0.05) is 48.2 Å². The summed E-state index contributed by atoms with van der Waals surface area (Å²) in [6.07, 6.45) is 3.32. The molecule has 1 atom stereocenters. The molecule has 2 aromatic heterocycles. The summed E-state index contributed by atoms with van der Waals surface area (Å²) < 4.78 is 16.7. The lowest BCUT2D eigenvalue weighted by molar-refractivity contribution is -0.115. The van der Waals surface area contributed by atoms with E-state index in [1.54, 1.807) is 60.7 Å². The molecule has 0 bridgehead atoms. The summed E-state index contributed by atoms with van der Waals surface area (Å²) in [5.74, 6) is 0.907. The second-order valence-corrected chi connectivity index (χ2v) is 12.5. The number of benzene rings is 3. The second-order valence-electron chi connectivity index (χ2n) is 10.2. The number of rotatable bonds is 12. The highest BCUT2D eigenvalue weighted by Gasteiger charge is 2.23. The first-order valence-corrected chi connectivity index (χ1v) is 16.3. The van der Waals surface area contributed by atoms with Crippen molar-refractivity contribution in [3.63, 3.8) is 0 Å². The zero-order chi connectivity index (χ0) is 33.3. The lowest BCUT2D eigenvalue weighted by atomic mass is 9.98. The van der Waals surface area contributed by atoms with Crippen LogP contribution in [-0.4, -0.2) is 43.3 Å². The Morgan fingerprint density at radius 1 is 0.915 bits per heavy atom. The van der Waals surface area contributed by atoms with Crippen molar-refractivity contribution < 1.29 is 23.8 Å². The highest BCUT2D eigenvalue weighted by Crippen LogP contribution is 2.44. The van der Waals surface area contributed by atoms with E-state index in [1.807, 2.05) is 53.9 Å². The van der Waals surface area contributed by atoms with Crippen molar-refractivity contribution >= 4 is 46.6 Å². The maximum absolute atomic E-state index is 13.3. The van der Waals surface area contributed by atoms with Gasteiger partial charge in [-0.25, -0.2) is 4.98 Å². The van der Waals surface area contributed by atoms with Gasteiger partial charge in [0.25, 0.3) is 0 Å². The summed E-state index contributed by atoms with van der Waals surface area (Å²) in [5.41, 5.74) is 4.12. The molecule has 0 spiro atoms. The molecule has 3 aromatic carbocycles. The van der Waals surface area contributed by atoms with Crippen LogP contribution in [0.2, 0.25) is 0 Å². The van der Waals surface area contributed by atoms with Gasteiger partial charge in [-0.15, -0.1) is 11.3 Å². The van der Waals surface area contributed by atoms with Crippen molar-refractivity contribution in [2.24, 2.45) is 0 Å². The normalized spacial score (nSPS) is 11.5. The van der Waals surface area contributed by atoms with Crippen molar-refractivity contribution in [2.45, 2.75) is 17.2 Å². The quantitative estimate of drug-likeness (QED) is 0.0807. The van der Waals surface area contributed by atoms with Gasteiger partial charge >= 0.3 is 0 Å². The van der Waals surface area contributed by atoms with Crippen LogP contribution in [0.3, 0.4) is 0 Å². The fourth-order valence-electron chi connectivity index (χ4n) is 4.76. The fraction of sp³-hybridized carbons (Fsp3) is 0.135. The number of hydrogen-bond donors (Lipinski definition) is 1. The van der Waals surface area contributed by atoms with Crippen LogP contribution in [0.15, 0.2) is 101 Å². The van der Waals surface area contributed by atoms with Gasteiger partial charge in [-0.05, 0) is 78.6 Å². The van der Waals surface area contributed by atoms with Crippen LogP contribution in [0.25, 0.3) is 28.5 Å². The van der Waals surface area contributed by atoms with Gasteiger partial charge in [0, 0.05) is 27.3 Å². The third-order valence-corrected chi connectivity index (χ3v) is 9.10. The van der Waals surface area contributed by atoms with Crippen LogP contribution in [-0.2, 0) is 4.79 Å². The summed E-state index contributed by atoms with van der Waals surface area (Å²) in [7, 11) is 4.59. The molecule has 0 aliphatic rings. The van der Waals surface area contributed by atoms with Crippen molar-refractivity contribution in [1.29, 1.82) is 5.26 Å².